The van der Waals surface area contributed by atoms with Gasteiger partial charge in [0.2, 0.25) is 5.91 Å². The quantitative estimate of drug-likeness (QED) is 0.678. The third kappa shape index (κ3) is 3.87. The maximum absolute atomic E-state index is 12.4. The molecule has 0 saturated heterocycles. The number of anilines is 1. The van der Waals surface area contributed by atoms with E-state index in [2.05, 4.69) is 15.5 Å². The van der Waals surface area contributed by atoms with Crippen LogP contribution in [0.4, 0.5) is 5.69 Å². The van der Waals surface area contributed by atoms with Gasteiger partial charge in [-0.2, -0.15) is 5.26 Å². The molecule has 3 rings (SSSR count). The smallest absolute Gasteiger partial charge is 0.237 e. The Kier molecular flexibility index (Phi) is 5.13. The Hall–Kier alpha value is -2.27. The van der Waals surface area contributed by atoms with Crippen molar-refractivity contribution in [3.05, 3.63) is 52.1 Å². The maximum atomic E-state index is 12.4. The van der Waals surface area contributed by atoms with Crippen LogP contribution < -0.4 is 5.32 Å². The zero-order chi connectivity index (χ0) is 18.0. The summed E-state index contributed by atoms with van der Waals surface area (Å²) in [6, 6.07) is 10.3. The Labute approximate surface area is 157 Å². The van der Waals surface area contributed by atoms with Crippen molar-refractivity contribution in [1.82, 2.24) is 14.6 Å². The highest BCUT2D eigenvalue weighted by Gasteiger charge is 2.19. The number of carbonyl (C=O) groups excluding carboxylic acids is 1. The van der Waals surface area contributed by atoms with Gasteiger partial charge in [-0.3, -0.25) is 9.20 Å². The fourth-order valence-corrected chi connectivity index (χ4v) is 3.40. The predicted octanol–water partition coefficient (Wildman–Crippen LogP) is 4.03. The van der Waals surface area contributed by atoms with E-state index in [0.29, 0.717) is 32.1 Å². The van der Waals surface area contributed by atoms with Crippen molar-refractivity contribution in [2.45, 2.75) is 17.3 Å². The lowest BCUT2D eigenvalue weighted by atomic mass is 10.2. The van der Waals surface area contributed by atoms with Gasteiger partial charge >= 0.3 is 0 Å². The summed E-state index contributed by atoms with van der Waals surface area (Å²) >= 11 is 13.3. The molecule has 0 bridgehead atoms. The summed E-state index contributed by atoms with van der Waals surface area (Å²) in [6.07, 6.45) is 1.65. The monoisotopic (exact) mass is 391 g/mol. The van der Waals surface area contributed by atoms with Crippen LogP contribution in [-0.4, -0.2) is 25.8 Å². The normalized spacial score (nSPS) is 11.9. The molecule has 126 valence electrons. The molecule has 2 heterocycles. The minimum atomic E-state index is -0.430. The average Bonchev–Trinajstić information content (AvgIpc) is 2.98. The molecular weight excluding hydrogens is 381 g/mol. The van der Waals surface area contributed by atoms with Crippen molar-refractivity contribution in [2.75, 3.05) is 5.32 Å². The third-order valence-electron chi connectivity index (χ3n) is 3.33. The molecule has 0 saturated carbocycles. The lowest BCUT2D eigenvalue weighted by Gasteiger charge is -2.11. The van der Waals surface area contributed by atoms with E-state index in [1.807, 2.05) is 6.07 Å². The molecule has 0 spiro atoms. The summed E-state index contributed by atoms with van der Waals surface area (Å²) in [5.74, 6) is -0.195. The number of rotatable bonds is 4. The topological polar surface area (TPSA) is 83.1 Å². The number of benzene rings is 1. The number of pyridine rings is 1. The molecule has 0 radical (unpaired) electrons. The van der Waals surface area contributed by atoms with Gasteiger partial charge in [0.25, 0.3) is 0 Å². The van der Waals surface area contributed by atoms with Crippen LogP contribution in [0.1, 0.15) is 12.5 Å². The largest absolute Gasteiger partial charge is 0.325 e. The van der Waals surface area contributed by atoms with E-state index in [1.165, 1.54) is 11.8 Å². The molecule has 1 atom stereocenters. The number of aromatic nitrogens is 3. The predicted molar refractivity (Wildman–Crippen MR) is 98.1 cm³/mol. The van der Waals surface area contributed by atoms with Gasteiger partial charge in [0.15, 0.2) is 10.8 Å². The van der Waals surface area contributed by atoms with Gasteiger partial charge < -0.3 is 5.32 Å². The number of halogens is 2. The Morgan fingerprint density at radius 1 is 1.32 bits per heavy atom. The lowest BCUT2D eigenvalue weighted by Crippen LogP contribution is -2.22. The zero-order valence-corrected chi connectivity index (χ0v) is 15.2. The van der Waals surface area contributed by atoms with Crippen LogP contribution in [0.3, 0.4) is 0 Å². The summed E-state index contributed by atoms with van der Waals surface area (Å²) in [4.78, 5) is 12.4. The molecule has 9 heteroatoms. The average molecular weight is 392 g/mol. The first-order valence-corrected chi connectivity index (χ1v) is 8.79. The number of amides is 1. The second-order valence-corrected chi connectivity index (χ2v) is 7.27. The van der Waals surface area contributed by atoms with E-state index in [4.69, 9.17) is 28.5 Å². The molecule has 2 aromatic heterocycles. The maximum Gasteiger partial charge on any atom is 0.237 e. The Morgan fingerprint density at radius 3 is 2.72 bits per heavy atom. The first-order chi connectivity index (χ1) is 12.0. The van der Waals surface area contributed by atoms with Crippen LogP contribution in [0.15, 0.2) is 41.7 Å². The lowest BCUT2D eigenvalue weighted by molar-refractivity contribution is -0.115. The Balaban J connectivity index is 1.74. The molecule has 0 fully saturated rings. The van der Waals surface area contributed by atoms with Crippen molar-refractivity contribution in [3.63, 3.8) is 0 Å². The third-order valence-corrected chi connectivity index (χ3v) is 4.87. The fourth-order valence-electron chi connectivity index (χ4n) is 2.07. The SMILES string of the molecule is C[C@@H](Sc1nnc2c(Cl)cc(Cl)cn12)C(=O)Nc1ccc(C#N)cc1. The van der Waals surface area contributed by atoms with Gasteiger partial charge in [-0.25, -0.2) is 0 Å². The van der Waals surface area contributed by atoms with Gasteiger partial charge in [0, 0.05) is 11.9 Å². The number of hydrogen-bond donors (Lipinski definition) is 1. The van der Waals surface area contributed by atoms with Crippen molar-refractivity contribution < 1.29 is 4.79 Å². The molecule has 0 unspecified atom stereocenters. The van der Waals surface area contributed by atoms with E-state index >= 15 is 0 Å². The van der Waals surface area contributed by atoms with Crippen LogP contribution in [-0.2, 0) is 4.79 Å². The highest BCUT2D eigenvalue weighted by molar-refractivity contribution is 8.00. The summed E-state index contributed by atoms with van der Waals surface area (Å²) < 4.78 is 1.65. The Morgan fingerprint density at radius 2 is 2.04 bits per heavy atom. The van der Waals surface area contributed by atoms with Crippen LogP contribution >= 0.6 is 35.0 Å². The van der Waals surface area contributed by atoms with Gasteiger partial charge in [-0.05, 0) is 37.3 Å². The van der Waals surface area contributed by atoms with Crippen LogP contribution in [0.2, 0.25) is 10.0 Å². The number of hydrogen-bond acceptors (Lipinski definition) is 5. The number of thioether (sulfide) groups is 1. The molecule has 0 aliphatic heterocycles. The summed E-state index contributed by atoms with van der Waals surface area (Å²) in [6.45, 7) is 1.76. The van der Waals surface area contributed by atoms with Crippen molar-refractivity contribution >= 4 is 52.2 Å². The van der Waals surface area contributed by atoms with E-state index < -0.39 is 5.25 Å². The van der Waals surface area contributed by atoms with E-state index in [0.717, 1.165) is 0 Å². The zero-order valence-electron chi connectivity index (χ0n) is 12.9. The summed E-state index contributed by atoms with van der Waals surface area (Å²) in [7, 11) is 0. The van der Waals surface area contributed by atoms with E-state index in [9.17, 15) is 4.79 Å². The number of nitrogens with one attached hydrogen (secondary N) is 1. The summed E-state index contributed by atoms with van der Waals surface area (Å²) in [5.41, 5.74) is 1.63. The van der Waals surface area contributed by atoms with Gasteiger partial charge in [0.1, 0.15) is 0 Å². The van der Waals surface area contributed by atoms with Crippen molar-refractivity contribution in [3.8, 4) is 6.07 Å². The van der Waals surface area contributed by atoms with Gasteiger partial charge in [0.05, 0.1) is 26.9 Å². The Bertz CT molecular complexity index is 981. The number of nitrogens with zero attached hydrogens (tertiary/aromatic N) is 4. The highest BCUT2D eigenvalue weighted by atomic mass is 35.5. The minimum Gasteiger partial charge on any atom is -0.325 e. The van der Waals surface area contributed by atoms with Crippen LogP contribution in [0.25, 0.3) is 5.65 Å². The van der Waals surface area contributed by atoms with Crippen molar-refractivity contribution in [2.24, 2.45) is 0 Å². The molecule has 1 aromatic carbocycles. The standard InChI is InChI=1S/C16H11Cl2N5OS/c1-9(15(24)20-12-4-2-10(7-19)3-5-12)25-16-22-21-14-13(18)6-11(17)8-23(14)16/h2-6,8-9H,1H3,(H,20,24)/t9-/m1/s1. The fraction of sp³-hybridized carbons (Fsp3) is 0.125. The molecule has 0 aliphatic carbocycles. The first kappa shape index (κ1) is 17.5. The molecular formula is C16H11Cl2N5OS. The molecule has 1 N–H and O–H groups in total. The number of carbonyl (C=O) groups is 1. The minimum absolute atomic E-state index is 0.195. The molecule has 3 aromatic rings. The number of nitriles is 1. The van der Waals surface area contributed by atoms with Crippen LogP contribution in [0.5, 0.6) is 0 Å². The van der Waals surface area contributed by atoms with E-state index in [-0.39, 0.29) is 5.91 Å². The molecule has 25 heavy (non-hydrogen) atoms. The first-order valence-electron chi connectivity index (χ1n) is 7.15. The second-order valence-electron chi connectivity index (χ2n) is 5.12. The van der Waals surface area contributed by atoms with Crippen molar-refractivity contribution in [1.29, 1.82) is 5.26 Å². The van der Waals surface area contributed by atoms with E-state index in [1.54, 1.807) is 47.9 Å². The number of fused-ring (bicyclic) bond motifs is 1. The molecule has 0 aliphatic rings. The molecule has 6 nitrogen and oxygen atoms in total. The molecule has 1 amide bonds. The van der Waals surface area contributed by atoms with Gasteiger partial charge in [-0.1, -0.05) is 35.0 Å². The highest BCUT2D eigenvalue weighted by Crippen LogP contribution is 2.27. The summed E-state index contributed by atoms with van der Waals surface area (Å²) in [5, 5.41) is 20.6. The second kappa shape index (κ2) is 7.31. The van der Waals surface area contributed by atoms with Crippen LogP contribution in [0, 0.1) is 11.3 Å². The van der Waals surface area contributed by atoms with Gasteiger partial charge in [-0.15, -0.1) is 10.2 Å².